The van der Waals surface area contributed by atoms with Crippen molar-refractivity contribution in [1.82, 2.24) is 0 Å². The molecular weight excluding hydrogens is 366 g/mol. The smallest absolute Gasteiger partial charge is 0.168 e. The molecule has 0 heterocycles. The highest BCUT2D eigenvalue weighted by Crippen LogP contribution is 2.23. The highest BCUT2D eigenvalue weighted by molar-refractivity contribution is 5.32. The third kappa shape index (κ3) is 8.03. The van der Waals surface area contributed by atoms with E-state index in [1.807, 2.05) is 0 Å². The second kappa shape index (κ2) is 12.1. The van der Waals surface area contributed by atoms with Crippen molar-refractivity contribution in [3.8, 4) is 23.0 Å². The van der Waals surface area contributed by atoms with Gasteiger partial charge in [0.15, 0.2) is 23.1 Å². The molecule has 2 aromatic rings. The number of hydrogen-bond donors (Lipinski definition) is 2. The first-order valence-electron chi connectivity index (χ1n) is 9.79. The lowest BCUT2D eigenvalue weighted by Gasteiger charge is -2.08. The summed E-state index contributed by atoms with van der Waals surface area (Å²) in [6, 6.07) is 7.77. The van der Waals surface area contributed by atoms with Crippen LogP contribution in [0.5, 0.6) is 23.0 Å². The van der Waals surface area contributed by atoms with Gasteiger partial charge in [0, 0.05) is 12.1 Å². The molecule has 0 aliphatic heterocycles. The molecule has 2 N–H and O–H groups in total. The molecule has 0 aliphatic rings. The quantitative estimate of drug-likeness (QED) is 0.412. The topological polar surface area (TPSA) is 58.9 Å². The number of ether oxygens (including phenoxy) is 2. The van der Waals surface area contributed by atoms with Crippen LogP contribution in [0.25, 0.3) is 0 Å². The molecule has 2 rings (SSSR count). The van der Waals surface area contributed by atoms with E-state index in [2.05, 4.69) is 0 Å². The molecule has 0 fully saturated rings. The van der Waals surface area contributed by atoms with Gasteiger partial charge < -0.3 is 19.7 Å². The Hall–Kier alpha value is -2.50. The zero-order valence-electron chi connectivity index (χ0n) is 16.0. The summed E-state index contributed by atoms with van der Waals surface area (Å²) >= 11 is 0. The molecule has 6 heteroatoms. The predicted octanol–water partition coefficient (Wildman–Crippen LogP) is 5.95. The minimum Gasteiger partial charge on any atom is -0.508 e. The van der Waals surface area contributed by atoms with Gasteiger partial charge >= 0.3 is 0 Å². The van der Waals surface area contributed by atoms with Gasteiger partial charge in [0.1, 0.15) is 11.5 Å². The van der Waals surface area contributed by atoms with Crippen LogP contribution in [0.1, 0.15) is 51.4 Å². The van der Waals surface area contributed by atoms with Gasteiger partial charge in [-0.25, -0.2) is 8.78 Å². The van der Waals surface area contributed by atoms with Crippen LogP contribution in [0.3, 0.4) is 0 Å². The first-order valence-corrected chi connectivity index (χ1v) is 9.79. The summed E-state index contributed by atoms with van der Waals surface area (Å²) in [5.74, 6) is -0.957. The van der Waals surface area contributed by atoms with Crippen molar-refractivity contribution < 1.29 is 28.5 Å². The average molecular weight is 394 g/mol. The minimum absolute atomic E-state index is 0.107. The van der Waals surface area contributed by atoms with Crippen molar-refractivity contribution >= 4 is 0 Å². The van der Waals surface area contributed by atoms with Gasteiger partial charge in [0.2, 0.25) is 0 Å². The zero-order valence-corrected chi connectivity index (χ0v) is 16.0. The summed E-state index contributed by atoms with van der Waals surface area (Å²) in [5, 5.41) is 18.3. The van der Waals surface area contributed by atoms with Crippen molar-refractivity contribution in [1.29, 1.82) is 0 Å². The van der Waals surface area contributed by atoms with E-state index in [1.54, 1.807) is 0 Å². The van der Waals surface area contributed by atoms with Gasteiger partial charge in [-0.15, -0.1) is 0 Å². The first kappa shape index (κ1) is 21.8. The van der Waals surface area contributed by atoms with Crippen LogP contribution in [0.15, 0.2) is 36.4 Å². The molecule has 0 unspecified atom stereocenters. The number of unbranched alkanes of at least 4 members (excludes halogenated alkanes) is 7. The van der Waals surface area contributed by atoms with Gasteiger partial charge in [0.05, 0.1) is 13.2 Å². The maximum atomic E-state index is 13.5. The van der Waals surface area contributed by atoms with E-state index in [9.17, 15) is 8.78 Å². The molecule has 28 heavy (non-hydrogen) atoms. The molecule has 4 nitrogen and oxygen atoms in total. The summed E-state index contributed by atoms with van der Waals surface area (Å²) < 4.78 is 37.7. The van der Waals surface area contributed by atoms with Crippen LogP contribution >= 0.6 is 0 Å². The minimum atomic E-state index is -0.544. The van der Waals surface area contributed by atoms with E-state index < -0.39 is 11.6 Å². The number of hydrogen-bond acceptors (Lipinski definition) is 4. The summed E-state index contributed by atoms with van der Waals surface area (Å²) in [4.78, 5) is 0. The van der Waals surface area contributed by atoms with E-state index in [1.165, 1.54) is 24.3 Å². The predicted molar refractivity (Wildman–Crippen MR) is 104 cm³/mol. The summed E-state index contributed by atoms with van der Waals surface area (Å²) in [6.45, 7) is 0.930. The summed E-state index contributed by atoms with van der Waals surface area (Å²) in [7, 11) is 0. The van der Waals surface area contributed by atoms with Crippen molar-refractivity contribution in [3.05, 3.63) is 48.0 Å². The fraction of sp³-hybridized carbons (Fsp3) is 0.455. The highest BCUT2D eigenvalue weighted by atomic mass is 19.1. The van der Waals surface area contributed by atoms with Crippen LogP contribution in [0, 0.1) is 11.6 Å². The van der Waals surface area contributed by atoms with Crippen molar-refractivity contribution in [3.63, 3.8) is 0 Å². The standard InChI is InChI=1S/C22H28F2O4/c23-19-15-17(25)9-11-21(19)27-13-7-5-3-1-2-4-6-8-14-28-22-12-10-18(26)16-20(22)24/h9-12,15-16,25-26H,1-8,13-14H2. The molecular formula is C22H28F2O4. The Labute approximate surface area is 164 Å². The van der Waals surface area contributed by atoms with Crippen LogP contribution in [-0.2, 0) is 0 Å². The molecule has 0 bridgehead atoms. The fourth-order valence-electron chi connectivity index (χ4n) is 2.84. The second-order valence-electron chi connectivity index (χ2n) is 6.75. The molecule has 0 radical (unpaired) electrons. The van der Waals surface area contributed by atoms with Gasteiger partial charge in [-0.1, -0.05) is 38.5 Å². The van der Waals surface area contributed by atoms with Crippen molar-refractivity contribution in [2.75, 3.05) is 13.2 Å². The Bertz CT molecular complexity index is 660. The lowest BCUT2D eigenvalue weighted by atomic mass is 10.1. The number of benzene rings is 2. The Morgan fingerprint density at radius 1 is 0.571 bits per heavy atom. The Morgan fingerprint density at radius 2 is 0.929 bits per heavy atom. The van der Waals surface area contributed by atoms with Crippen molar-refractivity contribution in [2.24, 2.45) is 0 Å². The zero-order chi connectivity index (χ0) is 20.2. The maximum absolute atomic E-state index is 13.5. The number of aromatic hydroxyl groups is 2. The molecule has 0 spiro atoms. The fourth-order valence-corrected chi connectivity index (χ4v) is 2.84. The lowest BCUT2D eigenvalue weighted by molar-refractivity contribution is 0.286. The molecule has 154 valence electrons. The molecule has 0 saturated heterocycles. The van der Waals surface area contributed by atoms with E-state index in [-0.39, 0.29) is 23.0 Å². The Kier molecular flexibility index (Phi) is 9.39. The number of rotatable bonds is 13. The van der Waals surface area contributed by atoms with E-state index in [0.29, 0.717) is 13.2 Å². The van der Waals surface area contributed by atoms with Gasteiger partial charge in [0.25, 0.3) is 0 Å². The Balaban J connectivity index is 1.40. The van der Waals surface area contributed by atoms with Gasteiger partial charge in [-0.3, -0.25) is 0 Å². The van der Waals surface area contributed by atoms with Gasteiger partial charge in [-0.2, -0.15) is 0 Å². The molecule has 0 saturated carbocycles. The van der Waals surface area contributed by atoms with Crippen LogP contribution < -0.4 is 9.47 Å². The summed E-state index contributed by atoms with van der Waals surface area (Å²) in [6.07, 6.45) is 8.29. The largest absolute Gasteiger partial charge is 0.508 e. The maximum Gasteiger partial charge on any atom is 0.168 e. The van der Waals surface area contributed by atoms with Crippen LogP contribution in [0.2, 0.25) is 0 Å². The number of halogens is 2. The van der Waals surface area contributed by atoms with Crippen LogP contribution in [0.4, 0.5) is 8.78 Å². The monoisotopic (exact) mass is 394 g/mol. The average Bonchev–Trinajstić information content (AvgIpc) is 2.65. The third-order valence-corrected chi connectivity index (χ3v) is 4.38. The Morgan fingerprint density at radius 3 is 1.29 bits per heavy atom. The van der Waals surface area contributed by atoms with E-state index >= 15 is 0 Å². The molecule has 0 amide bonds. The summed E-state index contributed by atoms with van der Waals surface area (Å²) in [5.41, 5.74) is 0. The second-order valence-corrected chi connectivity index (χ2v) is 6.75. The lowest BCUT2D eigenvalue weighted by Crippen LogP contribution is -1.99. The van der Waals surface area contributed by atoms with Gasteiger partial charge in [-0.05, 0) is 37.1 Å². The van der Waals surface area contributed by atoms with E-state index in [0.717, 1.165) is 63.5 Å². The highest BCUT2D eigenvalue weighted by Gasteiger charge is 2.05. The number of phenolic OH excluding ortho intramolecular Hbond substituents is 2. The third-order valence-electron chi connectivity index (χ3n) is 4.38. The first-order chi connectivity index (χ1) is 13.6. The molecule has 0 atom stereocenters. The van der Waals surface area contributed by atoms with E-state index in [4.69, 9.17) is 19.7 Å². The number of phenols is 2. The van der Waals surface area contributed by atoms with Crippen LogP contribution in [-0.4, -0.2) is 23.4 Å². The molecule has 0 aliphatic carbocycles. The molecule has 2 aromatic carbocycles. The molecule has 0 aromatic heterocycles. The SMILES string of the molecule is Oc1ccc(OCCCCCCCCCCOc2ccc(O)cc2F)c(F)c1. The normalized spacial score (nSPS) is 10.8. The van der Waals surface area contributed by atoms with Crippen molar-refractivity contribution in [2.45, 2.75) is 51.4 Å².